The van der Waals surface area contributed by atoms with Crippen molar-refractivity contribution in [2.24, 2.45) is 0 Å². The Balaban J connectivity index is 3.88. The van der Waals surface area contributed by atoms with Gasteiger partial charge in [0.2, 0.25) is 0 Å². The van der Waals surface area contributed by atoms with E-state index in [0.29, 0.717) is 0 Å². The third-order valence-electron chi connectivity index (χ3n) is 1.95. The molecule has 0 aliphatic carbocycles. The minimum atomic E-state index is 0.0926. The summed E-state index contributed by atoms with van der Waals surface area (Å²) in [5.74, 6) is 0.253. The molecular weight excluding hydrogens is 126 g/mol. The van der Waals surface area contributed by atoms with Crippen LogP contribution in [0.15, 0.2) is 0 Å². The van der Waals surface area contributed by atoms with E-state index in [2.05, 4.69) is 18.7 Å². The topological polar surface area (TPSA) is 20.3 Å². The summed E-state index contributed by atoms with van der Waals surface area (Å²) in [7, 11) is 0. The van der Waals surface area contributed by atoms with E-state index in [4.69, 9.17) is 0 Å². The summed E-state index contributed by atoms with van der Waals surface area (Å²) in [5.41, 5.74) is 0. The van der Waals surface area contributed by atoms with Crippen molar-refractivity contribution < 1.29 is 4.79 Å². The number of hydrogen-bond acceptors (Lipinski definition) is 2. The van der Waals surface area contributed by atoms with Gasteiger partial charge in [0.15, 0.2) is 0 Å². The Morgan fingerprint density at radius 1 is 1.40 bits per heavy atom. The molecule has 0 unspecified atom stereocenters. The molecule has 0 amide bonds. The van der Waals surface area contributed by atoms with E-state index in [9.17, 15) is 4.79 Å². The van der Waals surface area contributed by atoms with Gasteiger partial charge in [-0.15, -0.1) is 0 Å². The summed E-state index contributed by atoms with van der Waals surface area (Å²) in [5, 5.41) is 0. The first-order chi connectivity index (χ1) is 4.63. The molecule has 0 aromatic rings. The third kappa shape index (κ3) is 2.48. The number of carbonyl (C=O) groups excluding carboxylic acids is 1. The average Bonchev–Trinajstić information content (AvgIpc) is 1.90. The van der Waals surface area contributed by atoms with Crippen molar-refractivity contribution in [3.8, 4) is 0 Å². The molecule has 0 radical (unpaired) electrons. The molecule has 10 heavy (non-hydrogen) atoms. The molecule has 0 aliphatic rings. The first kappa shape index (κ1) is 9.63. The van der Waals surface area contributed by atoms with Gasteiger partial charge < -0.3 is 0 Å². The molecule has 2 nitrogen and oxygen atoms in total. The van der Waals surface area contributed by atoms with Gasteiger partial charge >= 0.3 is 0 Å². The number of Topliss-reactive ketones (excluding diaryl/α,β-unsaturated/α-hetero) is 1. The van der Waals surface area contributed by atoms with Crippen molar-refractivity contribution in [3.63, 3.8) is 0 Å². The first-order valence-electron chi connectivity index (χ1n) is 3.88. The Morgan fingerprint density at radius 2 is 1.80 bits per heavy atom. The maximum absolute atomic E-state index is 10.9. The Kier molecular flexibility index (Phi) is 4.28. The number of ketones is 1. The quantitative estimate of drug-likeness (QED) is 0.591. The summed E-state index contributed by atoms with van der Waals surface area (Å²) in [6.45, 7) is 9.65. The molecule has 0 aromatic carbocycles. The highest BCUT2D eigenvalue weighted by Crippen LogP contribution is 1.98. The van der Waals surface area contributed by atoms with Crippen molar-refractivity contribution in [1.29, 1.82) is 0 Å². The minimum absolute atomic E-state index is 0.0926. The maximum Gasteiger partial charge on any atom is 0.146 e. The van der Waals surface area contributed by atoms with Crippen molar-refractivity contribution in [1.82, 2.24) is 4.90 Å². The lowest BCUT2D eigenvalue weighted by atomic mass is 10.2. The van der Waals surface area contributed by atoms with Gasteiger partial charge in [-0.05, 0) is 26.9 Å². The van der Waals surface area contributed by atoms with Gasteiger partial charge in [0.25, 0.3) is 0 Å². The zero-order valence-corrected chi connectivity index (χ0v) is 7.35. The summed E-state index contributed by atoms with van der Waals surface area (Å²) in [4.78, 5) is 13.0. The number of carbonyl (C=O) groups is 1. The molecule has 2 heteroatoms. The molecule has 0 rings (SSSR count). The molecule has 0 heterocycles. The van der Waals surface area contributed by atoms with Gasteiger partial charge in [-0.1, -0.05) is 13.8 Å². The van der Waals surface area contributed by atoms with Crippen LogP contribution >= 0.6 is 0 Å². The highest BCUT2D eigenvalue weighted by atomic mass is 16.1. The van der Waals surface area contributed by atoms with Crippen LogP contribution in [0.4, 0.5) is 0 Å². The van der Waals surface area contributed by atoms with Crippen molar-refractivity contribution in [2.45, 2.75) is 33.7 Å². The fourth-order valence-electron chi connectivity index (χ4n) is 1.03. The second-order valence-electron chi connectivity index (χ2n) is 2.51. The molecule has 0 saturated carbocycles. The van der Waals surface area contributed by atoms with E-state index in [0.717, 1.165) is 13.1 Å². The normalized spacial score (nSPS) is 13.7. The van der Waals surface area contributed by atoms with E-state index in [1.165, 1.54) is 0 Å². The smallest absolute Gasteiger partial charge is 0.146 e. The van der Waals surface area contributed by atoms with Gasteiger partial charge in [-0.3, -0.25) is 9.69 Å². The van der Waals surface area contributed by atoms with Gasteiger partial charge in [0, 0.05) is 0 Å². The summed E-state index contributed by atoms with van der Waals surface area (Å²) >= 11 is 0. The van der Waals surface area contributed by atoms with Crippen LogP contribution in [0, 0.1) is 0 Å². The molecule has 0 fully saturated rings. The summed E-state index contributed by atoms with van der Waals surface area (Å²) < 4.78 is 0. The van der Waals surface area contributed by atoms with Crippen molar-refractivity contribution >= 4 is 5.78 Å². The second-order valence-corrected chi connectivity index (χ2v) is 2.51. The molecule has 0 aliphatic heterocycles. The van der Waals surface area contributed by atoms with Crippen molar-refractivity contribution in [3.05, 3.63) is 0 Å². The van der Waals surface area contributed by atoms with Gasteiger partial charge in [-0.25, -0.2) is 0 Å². The van der Waals surface area contributed by atoms with Crippen LogP contribution in [0.2, 0.25) is 0 Å². The Morgan fingerprint density at radius 3 is 1.90 bits per heavy atom. The zero-order chi connectivity index (χ0) is 8.15. The van der Waals surface area contributed by atoms with Crippen LogP contribution in [0.1, 0.15) is 27.7 Å². The predicted octanol–water partition coefficient (Wildman–Crippen LogP) is 1.31. The lowest BCUT2D eigenvalue weighted by Crippen LogP contribution is -2.37. The van der Waals surface area contributed by atoms with E-state index in [1.54, 1.807) is 6.92 Å². The fraction of sp³-hybridized carbons (Fsp3) is 0.875. The van der Waals surface area contributed by atoms with E-state index < -0.39 is 0 Å². The Hall–Kier alpha value is -0.370. The van der Waals surface area contributed by atoms with E-state index in [1.807, 2.05) is 6.92 Å². The monoisotopic (exact) mass is 143 g/mol. The van der Waals surface area contributed by atoms with E-state index >= 15 is 0 Å². The largest absolute Gasteiger partial charge is 0.298 e. The molecular formula is C8H17NO. The van der Waals surface area contributed by atoms with Crippen LogP contribution < -0.4 is 0 Å². The summed E-state index contributed by atoms with van der Waals surface area (Å²) in [6.07, 6.45) is 0. The summed E-state index contributed by atoms with van der Waals surface area (Å²) in [6, 6.07) is 0.0926. The second kappa shape index (κ2) is 4.45. The first-order valence-corrected chi connectivity index (χ1v) is 3.88. The van der Waals surface area contributed by atoms with Crippen LogP contribution in [0.3, 0.4) is 0 Å². The number of hydrogen-bond donors (Lipinski definition) is 0. The van der Waals surface area contributed by atoms with E-state index in [-0.39, 0.29) is 11.8 Å². The zero-order valence-electron chi connectivity index (χ0n) is 7.35. The van der Waals surface area contributed by atoms with Gasteiger partial charge in [0.1, 0.15) is 5.78 Å². The number of rotatable bonds is 4. The highest BCUT2D eigenvalue weighted by Gasteiger charge is 2.13. The molecule has 0 N–H and O–H groups in total. The Bertz CT molecular complexity index is 108. The average molecular weight is 143 g/mol. The SMILES string of the molecule is CCN(CC)[C@H](C)C(C)=O. The lowest BCUT2D eigenvalue weighted by Gasteiger charge is -2.23. The number of nitrogens with zero attached hydrogens (tertiary/aromatic N) is 1. The Labute approximate surface area is 63.2 Å². The van der Waals surface area contributed by atoms with Crippen LogP contribution in [-0.2, 0) is 4.79 Å². The minimum Gasteiger partial charge on any atom is -0.298 e. The molecule has 0 bridgehead atoms. The van der Waals surface area contributed by atoms with Crippen LogP contribution in [0.5, 0.6) is 0 Å². The van der Waals surface area contributed by atoms with Crippen LogP contribution in [0.25, 0.3) is 0 Å². The predicted molar refractivity (Wildman–Crippen MR) is 43.1 cm³/mol. The lowest BCUT2D eigenvalue weighted by molar-refractivity contribution is -0.121. The van der Waals surface area contributed by atoms with Gasteiger partial charge in [0.05, 0.1) is 6.04 Å². The fourth-order valence-corrected chi connectivity index (χ4v) is 1.03. The molecule has 60 valence electrons. The van der Waals surface area contributed by atoms with Crippen LogP contribution in [-0.4, -0.2) is 29.8 Å². The highest BCUT2D eigenvalue weighted by molar-refractivity contribution is 5.80. The molecule has 0 spiro atoms. The maximum atomic E-state index is 10.9. The molecule has 0 aromatic heterocycles. The third-order valence-corrected chi connectivity index (χ3v) is 1.95. The molecule has 1 atom stereocenters. The standard InChI is InChI=1S/C8H17NO/c1-5-9(6-2)7(3)8(4)10/h7H,5-6H2,1-4H3/t7-/m1/s1. The van der Waals surface area contributed by atoms with Gasteiger partial charge in [-0.2, -0.15) is 0 Å². The van der Waals surface area contributed by atoms with Crippen molar-refractivity contribution in [2.75, 3.05) is 13.1 Å². The molecule has 0 saturated heterocycles. The number of likely N-dealkylation sites (N-methyl/N-ethyl adjacent to an activating group) is 1.